The molecule has 0 aliphatic heterocycles. The van der Waals surface area contributed by atoms with E-state index in [0.717, 1.165) is 12.8 Å². The Balaban J connectivity index is 1.88. The average Bonchev–Trinajstić information content (AvgIpc) is 3.18. The highest BCUT2D eigenvalue weighted by Crippen LogP contribution is 2.37. The maximum Gasteiger partial charge on any atom is 0.272 e. The van der Waals surface area contributed by atoms with E-state index in [1.807, 2.05) is 10.8 Å². The molecule has 4 nitrogen and oxygen atoms in total. The average molecular weight is 355 g/mol. The number of hydrogen-bond acceptors (Lipinski definition) is 2. The summed E-state index contributed by atoms with van der Waals surface area (Å²) >= 11 is 9.38. The fraction of sp³-hybridized carbons (Fsp3) is 0.214. The molecule has 3 N–H and O–H groups in total. The van der Waals surface area contributed by atoms with E-state index < -0.39 is 0 Å². The van der Waals surface area contributed by atoms with Gasteiger partial charge in [-0.25, -0.2) is 0 Å². The summed E-state index contributed by atoms with van der Waals surface area (Å²) in [5, 5.41) is 3.41. The molecule has 2 aromatic rings. The van der Waals surface area contributed by atoms with Crippen molar-refractivity contribution in [3.63, 3.8) is 0 Å². The molecule has 0 saturated heterocycles. The van der Waals surface area contributed by atoms with Crippen molar-refractivity contribution in [2.75, 3.05) is 11.1 Å². The Bertz CT molecular complexity index is 679. The maximum atomic E-state index is 12.4. The zero-order valence-electron chi connectivity index (χ0n) is 10.6. The summed E-state index contributed by atoms with van der Waals surface area (Å²) in [6.07, 6.45) is 4.00. The fourth-order valence-corrected chi connectivity index (χ4v) is 2.66. The van der Waals surface area contributed by atoms with E-state index in [1.54, 1.807) is 24.3 Å². The Morgan fingerprint density at radius 1 is 1.45 bits per heavy atom. The lowest BCUT2D eigenvalue weighted by molar-refractivity contribution is 0.101. The molecule has 0 spiro atoms. The number of hydrogen-bond donors (Lipinski definition) is 2. The van der Waals surface area contributed by atoms with Gasteiger partial charge >= 0.3 is 0 Å². The number of nitrogens with two attached hydrogens (primary N) is 1. The van der Waals surface area contributed by atoms with Crippen molar-refractivity contribution in [3.8, 4) is 0 Å². The van der Waals surface area contributed by atoms with Crippen LogP contribution in [0.3, 0.4) is 0 Å². The van der Waals surface area contributed by atoms with Crippen LogP contribution >= 0.6 is 27.5 Å². The Morgan fingerprint density at radius 3 is 2.90 bits per heavy atom. The van der Waals surface area contributed by atoms with Gasteiger partial charge in [0.25, 0.3) is 5.91 Å². The van der Waals surface area contributed by atoms with Crippen LogP contribution in [0.25, 0.3) is 0 Å². The van der Waals surface area contributed by atoms with Gasteiger partial charge in [0.2, 0.25) is 0 Å². The Labute approximate surface area is 130 Å². The molecule has 1 heterocycles. The van der Waals surface area contributed by atoms with Crippen LogP contribution in [0.4, 0.5) is 11.4 Å². The molecule has 1 fully saturated rings. The molecule has 3 rings (SSSR count). The molecule has 1 amide bonds. The minimum Gasteiger partial charge on any atom is -0.397 e. The summed E-state index contributed by atoms with van der Waals surface area (Å²) in [4.78, 5) is 12.4. The first-order valence-electron chi connectivity index (χ1n) is 6.29. The number of anilines is 2. The molecule has 0 radical (unpaired) electrons. The number of aromatic nitrogens is 1. The minimum atomic E-state index is -0.184. The molecule has 1 aliphatic carbocycles. The third kappa shape index (κ3) is 2.55. The SMILES string of the molecule is Nc1cc(C(=O)Nc2cccc(Cl)c2Br)n(C2CC2)c1. The van der Waals surface area contributed by atoms with Gasteiger partial charge in [-0.1, -0.05) is 17.7 Å². The van der Waals surface area contributed by atoms with Crippen LogP contribution in [0, 0.1) is 0 Å². The number of amides is 1. The first kappa shape index (κ1) is 13.5. The fourth-order valence-electron chi connectivity index (χ4n) is 2.12. The highest BCUT2D eigenvalue weighted by molar-refractivity contribution is 9.10. The van der Waals surface area contributed by atoms with Gasteiger partial charge in [0.05, 0.1) is 20.9 Å². The van der Waals surface area contributed by atoms with Crippen LogP contribution in [-0.2, 0) is 0 Å². The normalized spacial score (nSPS) is 14.3. The second-order valence-electron chi connectivity index (χ2n) is 4.85. The minimum absolute atomic E-state index is 0.184. The third-order valence-corrected chi connectivity index (χ3v) is 4.64. The smallest absolute Gasteiger partial charge is 0.272 e. The summed E-state index contributed by atoms with van der Waals surface area (Å²) in [5.41, 5.74) is 7.63. The number of halogens is 2. The van der Waals surface area contributed by atoms with Gasteiger partial charge in [-0.2, -0.15) is 0 Å². The van der Waals surface area contributed by atoms with Crippen molar-refractivity contribution in [1.82, 2.24) is 4.57 Å². The van der Waals surface area contributed by atoms with Crippen molar-refractivity contribution >= 4 is 44.8 Å². The van der Waals surface area contributed by atoms with Crippen molar-refractivity contribution in [3.05, 3.63) is 45.7 Å². The topological polar surface area (TPSA) is 60.1 Å². The molecule has 0 bridgehead atoms. The summed E-state index contributed by atoms with van der Waals surface area (Å²) < 4.78 is 2.62. The van der Waals surface area contributed by atoms with E-state index in [0.29, 0.717) is 32.6 Å². The largest absolute Gasteiger partial charge is 0.397 e. The zero-order chi connectivity index (χ0) is 14.3. The Hall–Kier alpha value is -1.46. The lowest BCUT2D eigenvalue weighted by Crippen LogP contribution is -2.16. The summed E-state index contributed by atoms with van der Waals surface area (Å²) in [5.74, 6) is -0.184. The van der Waals surface area contributed by atoms with E-state index >= 15 is 0 Å². The van der Waals surface area contributed by atoms with E-state index in [1.165, 1.54) is 0 Å². The van der Waals surface area contributed by atoms with E-state index in [2.05, 4.69) is 21.2 Å². The second kappa shape index (κ2) is 5.14. The molecule has 1 aromatic heterocycles. The zero-order valence-corrected chi connectivity index (χ0v) is 12.9. The standard InChI is InChI=1S/C14H13BrClN3O/c15-13-10(16)2-1-3-11(13)18-14(20)12-6-8(17)7-19(12)9-4-5-9/h1-3,6-7,9H,4-5,17H2,(H,18,20). The Morgan fingerprint density at radius 2 is 2.20 bits per heavy atom. The van der Waals surface area contributed by atoms with Crippen LogP contribution in [0.2, 0.25) is 5.02 Å². The lowest BCUT2D eigenvalue weighted by atomic mass is 10.3. The number of carbonyl (C=O) groups is 1. The van der Waals surface area contributed by atoms with Gasteiger partial charge in [0, 0.05) is 12.2 Å². The van der Waals surface area contributed by atoms with Gasteiger partial charge in [-0.15, -0.1) is 0 Å². The second-order valence-corrected chi connectivity index (χ2v) is 6.05. The quantitative estimate of drug-likeness (QED) is 0.872. The molecule has 0 unspecified atom stereocenters. The van der Waals surface area contributed by atoms with Crippen molar-refractivity contribution in [2.45, 2.75) is 18.9 Å². The molecule has 1 saturated carbocycles. The third-order valence-electron chi connectivity index (χ3n) is 3.24. The van der Waals surface area contributed by atoms with E-state index in [9.17, 15) is 4.79 Å². The van der Waals surface area contributed by atoms with Crippen LogP contribution in [0.5, 0.6) is 0 Å². The van der Waals surface area contributed by atoms with Gasteiger partial charge in [-0.3, -0.25) is 4.79 Å². The highest BCUT2D eigenvalue weighted by atomic mass is 79.9. The molecule has 6 heteroatoms. The Kier molecular flexibility index (Phi) is 3.48. The van der Waals surface area contributed by atoms with Crippen LogP contribution in [0.1, 0.15) is 29.4 Å². The first-order chi connectivity index (χ1) is 9.56. The molecule has 0 atom stereocenters. The molecule has 1 aliphatic rings. The first-order valence-corrected chi connectivity index (χ1v) is 7.46. The predicted molar refractivity (Wildman–Crippen MR) is 84.2 cm³/mol. The van der Waals surface area contributed by atoms with Gasteiger partial charge in [0.15, 0.2) is 0 Å². The molecular formula is C14H13BrClN3O. The van der Waals surface area contributed by atoms with Crippen molar-refractivity contribution < 1.29 is 4.79 Å². The van der Waals surface area contributed by atoms with Crippen molar-refractivity contribution in [1.29, 1.82) is 0 Å². The molecule has 20 heavy (non-hydrogen) atoms. The predicted octanol–water partition coefficient (Wildman–Crippen LogP) is 4.07. The van der Waals surface area contributed by atoms with Crippen LogP contribution < -0.4 is 11.1 Å². The molecule has 104 valence electrons. The van der Waals surface area contributed by atoms with Gasteiger partial charge in [0.1, 0.15) is 5.69 Å². The van der Waals surface area contributed by atoms with Gasteiger partial charge < -0.3 is 15.6 Å². The number of rotatable bonds is 3. The highest BCUT2D eigenvalue weighted by Gasteiger charge is 2.27. The summed E-state index contributed by atoms with van der Waals surface area (Å²) in [6, 6.07) is 7.44. The van der Waals surface area contributed by atoms with Crippen LogP contribution in [-0.4, -0.2) is 10.5 Å². The van der Waals surface area contributed by atoms with Gasteiger partial charge in [-0.05, 0) is 47.0 Å². The van der Waals surface area contributed by atoms with E-state index in [-0.39, 0.29) is 5.91 Å². The number of benzene rings is 1. The summed E-state index contributed by atoms with van der Waals surface area (Å²) in [7, 11) is 0. The monoisotopic (exact) mass is 353 g/mol. The van der Waals surface area contributed by atoms with E-state index in [4.69, 9.17) is 17.3 Å². The van der Waals surface area contributed by atoms with Crippen molar-refractivity contribution in [2.24, 2.45) is 0 Å². The molecule has 1 aromatic carbocycles. The maximum absolute atomic E-state index is 12.4. The number of nitrogens with one attached hydrogen (secondary N) is 1. The molecular weight excluding hydrogens is 342 g/mol. The lowest BCUT2D eigenvalue weighted by Gasteiger charge is -2.10. The summed E-state index contributed by atoms with van der Waals surface area (Å²) in [6.45, 7) is 0. The number of nitrogen functional groups attached to an aromatic ring is 1. The van der Waals surface area contributed by atoms with Crippen LogP contribution in [0.15, 0.2) is 34.9 Å². The number of nitrogens with zero attached hydrogens (tertiary/aromatic N) is 1. The number of carbonyl (C=O) groups excluding carboxylic acids is 1.